The minimum Gasteiger partial charge on any atom is -0.496 e. The first-order valence-corrected chi connectivity index (χ1v) is 6.14. The molecule has 4 heteroatoms. The Hall–Kier alpha value is -1.22. The van der Waals surface area contributed by atoms with Crippen molar-refractivity contribution in [1.82, 2.24) is 0 Å². The fourth-order valence-corrected chi connectivity index (χ4v) is 2.16. The number of hydrogen-bond donors (Lipinski definition) is 1. The number of carboxylic acid groups (broad SMARTS) is 1. The number of carboxylic acids is 1. The number of rotatable bonds is 4. The zero-order chi connectivity index (χ0) is 14.1. The van der Waals surface area contributed by atoms with Crippen LogP contribution < -0.4 is 4.74 Å². The highest BCUT2D eigenvalue weighted by Gasteiger charge is 2.29. The van der Waals surface area contributed by atoms with Gasteiger partial charge in [-0.1, -0.05) is 11.6 Å². The molecule has 18 heavy (non-hydrogen) atoms. The molecule has 1 aromatic carbocycles. The zero-order valence-electron chi connectivity index (χ0n) is 11.4. The maximum atomic E-state index is 11.2. The van der Waals surface area contributed by atoms with Crippen molar-refractivity contribution in [2.75, 3.05) is 7.11 Å². The van der Waals surface area contributed by atoms with E-state index in [0.717, 1.165) is 22.4 Å². The van der Waals surface area contributed by atoms with Crippen LogP contribution in [0.2, 0.25) is 5.02 Å². The van der Waals surface area contributed by atoms with Gasteiger partial charge in [0.1, 0.15) is 5.75 Å². The first-order valence-electron chi connectivity index (χ1n) is 5.76. The van der Waals surface area contributed by atoms with Crippen LogP contribution in [0, 0.1) is 19.3 Å². The van der Waals surface area contributed by atoms with E-state index >= 15 is 0 Å². The molecule has 0 aliphatic carbocycles. The molecule has 100 valence electrons. The van der Waals surface area contributed by atoms with Crippen molar-refractivity contribution < 1.29 is 14.6 Å². The van der Waals surface area contributed by atoms with Crippen LogP contribution in [0.25, 0.3) is 0 Å². The quantitative estimate of drug-likeness (QED) is 0.909. The van der Waals surface area contributed by atoms with Crippen molar-refractivity contribution in [2.45, 2.75) is 34.1 Å². The molecule has 0 fully saturated rings. The van der Waals surface area contributed by atoms with Gasteiger partial charge in [-0.3, -0.25) is 4.79 Å². The molecular formula is C14H19ClO3. The van der Waals surface area contributed by atoms with Crippen LogP contribution in [-0.4, -0.2) is 18.2 Å². The summed E-state index contributed by atoms with van der Waals surface area (Å²) < 4.78 is 5.34. The molecule has 0 aromatic heterocycles. The van der Waals surface area contributed by atoms with Crippen molar-refractivity contribution in [3.8, 4) is 5.75 Å². The second kappa shape index (κ2) is 5.19. The Balaban J connectivity index is 3.27. The lowest BCUT2D eigenvalue weighted by atomic mass is 9.84. The monoisotopic (exact) mass is 270 g/mol. The second-order valence-corrected chi connectivity index (χ2v) is 5.57. The molecule has 1 rings (SSSR count). The summed E-state index contributed by atoms with van der Waals surface area (Å²) in [6.45, 7) is 7.22. The van der Waals surface area contributed by atoms with E-state index in [1.165, 1.54) is 0 Å². The van der Waals surface area contributed by atoms with Crippen molar-refractivity contribution in [2.24, 2.45) is 5.41 Å². The summed E-state index contributed by atoms with van der Waals surface area (Å²) in [6, 6.07) is 1.83. The lowest BCUT2D eigenvalue weighted by Gasteiger charge is -2.22. The number of carbonyl (C=O) groups is 1. The van der Waals surface area contributed by atoms with Crippen LogP contribution in [0.15, 0.2) is 6.07 Å². The van der Waals surface area contributed by atoms with Crippen LogP contribution in [0.4, 0.5) is 0 Å². The van der Waals surface area contributed by atoms with Gasteiger partial charge >= 0.3 is 5.97 Å². The van der Waals surface area contributed by atoms with Gasteiger partial charge in [-0.15, -0.1) is 0 Å². The number of hydrogen-bond acceptors (Lipinski definition) is 2. The molecule has 0 saturated heterocycles. The molecule has 1 aromatic rings. The highest BCUT2D eigenvalue weighted by Crippen LogP contribution is 2.35. The maximum absolute atomic E-state index is 11.2. The summed E-state index contributed by atoms with van der Waals surface area (Å²) in [5.41, 5.74) is 1.92. The van der Waals surface area contributed by atoms with Crippen molar-refractivity contribution >= 4 is 17.6 Å². The maximum Gasteiger partial charge on any atom is 0.309 e. The summed E-state index contributed by atoms with van der Waals surface area (Å²) in [5.74, 6) is -0.0868. The molecule has 0 aliphatic rings. The molecule has 0 amide bonds. The lowest BCUT2D eigenvalue weighted by molar-refractivity contribution is -0.146. The fourth-order valence-electron chi connectivity index (χ4n) is 1.95. The molecule has 0 radical (unpaired) electrons. The van der Waals surface area contributed by atoms with Gasteiger partial charge in [0, 0.05) is 10.6 Å². The van der Waals surface area contributed by atoms with E-state index < -0.39 is 11.4 Å². The first-order chi connectivity index (χ1) is 8.20. The predicted molar refractivity (Wildman–Crippen MR) is 72.6 cm³/mol. The molecule has 0 heterocycles. The summed E-state index contributed by atoms with van der Waals surface area (Å²) >= 11 is 6.15. The van der Waals surface area contributed by atoms with Crippen molar-refractivity contribution in [3.05, 3.63) is 27.8 Å². The largest absolute Gasteiger partial charge is 0.496 e. The Morgan fingerprint density at radius 1 is 1.39 bits per heavy atom. The number of methoxy groups -OCH3 is 1. The highest BCUT2D eigenvalue weighted by molar-refractivity contribution is 6.31. The number of benzene rings is 1. The SMILES string of the molecule is COc1c(C)c(Cl)cc(CC(C)(C)C(=O)O)c1C. The Kier molecular flexibility index (Phi) is 4.28. The number of aliphatic carboxylic acids is 1. The first kappa shape index (κ1) is 14.8. The van der Waals surface area contributed by atoms with E-state index in [4.69, 9.17) is 16.3 Å². The van der Waals surface area contributed by atoms with Gasteiger partial charge in [-0.2, -0.15) is 0 Å². The smallest absolute Gasteiger partial charge is 0.309 e. The minimum atomic E-state index is -0.825. The average molecular weight is 271 g/mol. The number of halogens is 1. The Morgan fingerprint density at radius 3 is 2.39 bits per heavy atom. The summed E-state index contributed by atoms with van der Waals surface area (Å²) in [6.07, 6.45) is 0.421. The number of ether oxygens (including phenoxy) is 1. The van der Waals surface area contributed by atoms with Crippen LogP contribution >= 0.6 is 11.6 Å². The van der Waals surface area contributed by atoms with E-state index in [9.17, 15) is 9.90 Å². The normalized spacial score (nSPS) is 11.4. The van der Waals surface area contributed by atoms with Gasteiger partial charge in [0.05, 0.1) is 12.5 Å². The van der Waals surface area contributed by atoms with Crippen LogP contribution in [-0.2, 0) is 11.2 Å². The van der Waals surface area contributed by atoms with Gasteiger partial charge in [0.15, 0.2) is 0 Å². The van der Waals surface area contributed by atoms with Gasteiger partial charge in [-0.25, -0.2) is 0 Å². The lowest BCUT2D eigenvalue weighted by Crippen LogP contribution is -2.26. The predicted octanol–water partition coefficient (Wildman–Crippen LogP) is 3.62. The van der Waals surface area contributed by atoms with E-state index in [0.29, 0.717) is 11.4 Å². The van der Waals surface area contributed by atoms with Gasteiger partial charge < -0.3 is 9.84 Å². The standard InChI is InChI=1S/C14H19ClO3/c1-8-10(7-14(3,4)13(16)17)6-11(15)9(2)12(8)18-5/h6H,7H2,1-5H3,(H,16,17). The second-order valence-electron chi connectivity index (χ2n) is 5.17. The molecule has 0 aliphatic heterocycles. The summed E-state index contributed by atoms with van der Waals surface area (Å²) in [7, 11) is 1.60. The summed E-state index contributed by atoms with van der Waals surface area (Å²) in [5, 5.41) is 9.78. The Bertz CT molecular complexity index is 478. The van der Waals surface area contributed by atoms with E-state index in [1.54, 1.807) is 21.0 Å². The highest BCUT2D eigenvalue weighted by atomic mass is 35.5. The topological polar surface area (TPSA) is 46.5 Å². The third-order valence-corrected chi connectivity index (χ3v) is 3.63. The molecule has 1 N–H and O–H groups in total. The molecule has 0 bridgehead atoms. The van der Waals surface area contributed by atoms with E-state index in [2.05, 4.69) is 0 Å². The van der Waals surface area contributed by atoms with Crippen molar-refractivity contribution in [3.63, 3.8) is 0 Å². The Morgan fingerprint density at radius 2 is 1.94 bits per heavy atom. The zero-order valence-corrected chi connectivity index (χ0v) is 12.2. The molecule has 0 saturated carbocycles. The van der Waals surface area contributed by atoms with Gasteiger partial charge in [0.25, 0.3) is 0 Å². The minimum absolute atomic E-state index is 0.421. The van der Waals surface area contributed by atoms with Crippen molar-refractivity contribution in [1.29, 1.82) is 0 Å². The van der Waals surface area contributed by atoms with Crippen LogP contribution in [0.1, 0.15) is 30.5 Å². The molecular weight excluding hydrogens is 252 g/mol. The average Bonchev–Trinajstić information content (AvgIpc) is 2.26. The van der Waals surface area contributed by atoms with Crippen LogP contribution in [0.5, 0.6) is 5.75 Å². The van der Waals surface area contributed by atoms with Crippen LogP contribution in [0.3, 0.4) is 0 Å². The molecule has 0 atom stereocenters. The van der Waals surface area contributed by atoms with Gasteiger partial charge in [-0.05, 0) is 51.3 Å². The molecule has 0 unspecified atom stereocenters. The fraction of sp³-hybridized carbons (Fsp3) is 0.500. The molecule has 3 nitrogen and oxygen atoms in total. The third kappa shape index (κ3) is 2.78. The van der Waals surface area contributed by atoms with E-state index in [1.807, 2.05) is 19.9 Å². The summed E-state index contributed by atoms with van der Waals surface area (Å²) in [4.78, 5) is 11.2. The van der Waals surface area contributed by atoms with E-state index in [-0.39, 0.29) is 0 Å². The van der Waals surface area contributed by atoms with Gasteiger partial charge in [0.2, 0.25) is 0 Å². The molecule has 0 spiro atoms. The third-order valence-electron chi connectivity index (χ3n) is 3.24. The Labute approximate surface area is 113 Å².